The second-order valence-corrected chi connectivity index (χ2v) is 6.71. The number of hydrogen-bond donors (Lipinski definition) is 0. The number of likely N-dealkylation sites (tertiary alicyclic amines) is 1. The zero-order valence-electron chi connectivity index (χ0n) is 13.8. The summed E-state index contributed by atoms with van der Waals surface area (Å²) in [6, 6.07) is 8.86. The highest BCUT2D eigenvalue weighted by Crippen LogP contribution is 2.25. The molecule has 2 fully saturated rings. The Labute approximate surface area is 133 Å². The fourth-order valence-electron chi connectivity index (χ4n) is 3.67. The summed E-state index contributed by atoms with van der Waals surface area (Å²) < 4.78 is 0. The van der Waals surface area contributed by atoms with Gasteiger partial charge in [-0.05, 0) is 63.0 Å². The van der Waals surface area contributed by atoms with Gasteiger partial charge in [0.25, 0.3) is 5.91 Å². The molecule has 1 aromatic rings. The molecule has 2 heterocycles. The van der Waals surface area contributed by atoms with Gasteiger partial charge < -0.3 is 14.7 Å². The lowest BCUT2D eigenvalue weighted by molar-refractivity contribution is 0.0827. The standard InChI is InChI=1S/C18H27N3O/c1-19(2)18(22)15-5-7-16(8-6-15)21-13-9-17(10-14-21)20-11-3-4-12-20/h5-8,17H,3-4,9-14H2,1-2H3. The molecular formula is C18H27N3O. The van der Waals surface area contributed by atoms with E-state index in [0.717, 1.165) is 24.7 Å². The van der Waals surface area contributed by atoms with Crippen LogP contribution in [-0.4, -0.2) is 62.0 Å². The van der Waals surface area contributed by atoms with E-state index >= 15 is 0 Å². The second-order valence-electron chi connectivity index (χ2n) is 6.71. The van der Waals surface area contributed by atoms with E-state index in [1.165, 1.54) is 44.5 Å². The summed E-state index contributed by atoms with van der Waals surface area (Å²) in [5, 5.41) is 0. The molecule has 0 saturated carbocycles. The van der Waals surface area contributed by atoms with Gasteiger partial charge in [-0.25, -0.2) is 0 Å². The van der Waals surface area contributed by atoms with Crippen molar-refractivity contribution in [2.24, 2.45) is 0 Å². The minimum absolute atomic E-state index is 0.0688. The minimum atomic E-state index is 0.0688. The number of piperidine rings is 1. The lowest BCUT2D eigenvalue weighted by Crippen LogP contribution is -2.43. The summed E-state index contributed by atoms with van der Waals surface area (Å²) in [7, 11) is 3.58. The highest BCUT2D eigenvalue weighted by molar-refractivity contribution is 5.94. The van der Waals surface area contributed by atoms with Crippen LogP contribution in [0.2, 0.25) is 0 Å². The second kappa shape index (κ2) is 6.69. The smallest absolute Gasteiger partial charge is 0.253 e. The topological polar surface area (TPSA) is 26.8 Å². The fraction of sp³-hybridized carbons (Fsp3) is 0.611. The number of anilines is 1. The number of carbonyl (C=O) groups is 1. The van der Waals surface area contributed by atoms with Crippen molar-refractivity contribution in [1.82, 2.24) is 9.80 Å². The van der Waals surface area contributed by atoms with Crippen LogP contribution in [0.4, 0.5) is 5.69 Å². The van der Waals surface area contributed by atoms with Gasteiger partial charge in [0, 0.05) is 44.5 Å². The molecule has 22 heavy (non-hydrogen) atoms. The molecule has 120 valence electrons. The molecule has 2 aliphatic heterocycles. The lowest BCUT2D eigenvalue weighted by atomic mass is 10.0. The van der Waals surface area contributed by atoms with Crippen LogP contribution in [0.5, 0.6) is 0 Å². The van der Waals surface area contributed by atoms with Gasteiger partial charge in [-0.3, -0.25) is 4.79 Å². The molecule has 4 heteroatoms. The predicted molar refractivity (Wildman–Crippen MR) is 90.5 cm³/mol. The van der Waals surface area contributed by atoms with Crippen molar-refractivity contribution in [3.05, 3.63) is 29.8 Å². The van der Waals surface area contributed by atoms with Crippen LogP contribution in [0.15, 0.2) is 24.3 Å². The first-order valence-corrected chi connectivity index (χ1v) is 8.46. The van der Waals surface area contributed by atoms with E-state index in [1.807, 2.05) is 12.1 Å². The van der Waals surface area contributed by atoms with Gasteiger partial charge in [0.15, 0.2) is 0 Å². The number of amides is 1. The number of rotatable bonds is 3. The molecule has 3 rings (SSSR count). The first kappa shape index (κ1) is 15.3. The van der Waals surface area contributed by atoms with E-state index in [9.17, 15) is 4.79 Å². The van der Waals surface area contributed by atoms with E-state index < -0.39 is 0 Å². The van der Waals surface area contributed by atoms with Crippen LogP contribution >= 0.6 is 0 Å². The molecule has 1 aromatic carbocycles. The fourth-order valence-corrected chi connectivity index (χ4v) is 3.67. The van der Waals surface area contributed by atoms with Crippen LogP contribution in [0.25, 0.3) is 0 Å². The third kappa shape index (κ3) is 3.27. The Balaban J connectivity index is 1.58. The van der Waals surface area contributed by atoms with E-state index in [4.69, 9.17) is 0 Å². The zero-order valence-corrected chi connectivity index (χ0v) is 13.8. The SMILES string of the molecule is CN(C)C(=O)c1ccc(N2CCC(N3CCCC3)CC2)cc1. The number of hydrogen-bond acceptors (Lipinski definition) is 3. The van der Waals surface area contributed by atoms with Crippen molar-refractivity contribution >= 4 is 11.6 Å². The first-order chi connectivity index (χ1) is 10.6. The molecule has 0 aliphatic carbocycles. The molecule has 4 nitrogen and oxygen atoms in total. The molecule has 2 aliphatic rings. The largest absolute Gasteiger partial charge is 0.371 e. The molecule has 0 aromatic heterocycles. The Morgan fingerprint density at radius 2 is 1.59 bits per heavy atom. The van der Waals surface area contributed by atoms with Gasteiger partial charge in [0.2, 0.25) is 0 Å². The van der Waals surface area contributed by atoms with Crippen molar-refractivity contribution in [3.63, 3.8) is 0 Å². The first-order valence-electron chi connectivity index (χ1n) is 8.46. The number of benzene rings is 1. The third-order valence-corrected chi connectivity index (χ3v) is 5.01. The van der Waals surface area contributed by atoms with Crippen molar-refractivity contribution in [3.8, 4) is 0 Å². The van der Waals surface area contributed by atoms with E-state index in [1.54, 1.807) is 19.0 Å². The predicted octanol–water partition coefficient (Wildman–Crippen LogP) is 2.45. The number of nitrogens with zero attached hydrogens (tertiary/aromatic N) is 3. The molecule has 0 spiro atoms. The van der Waals surface area contributed by atoms with Crippen LogP contribution in [0, 0.1) is 0 Å². The Morgan fingerprint density at radius 3 is 2.14 bits per heavy atom. The van der Waals surface area contributed by atoms with Crippen LogP contribution < -0.4 is 4.90 Å². The van der Waals surface area contributed by atoms with Gasteiger partial charge in [-0.2, -0.15) is 0 Å². The summed E-state index contributed by atoms with van der Waals surface area (Å²) in [6.45, 7) is 4.85. The summed E-state index contributed by atoms with van der Waals surface area (Å²) >= 11 is 0. The van der Waals surface area contributed by atoms with Crippen molar-refractivity contribution in [1.29, 1.82) is 0 Å². The van der Waals surface area contributed by atoms with Gasteiger partial charge in [0.05, 0.1) is 0 Å². The number of carbonyl (C=O) groups excluding carboxylic acids is 1. The Bertz CT molecular complexity index is 498. The average molecular weight is 301 g/mol. The molecule has 1 amide bonds. The maximum atomic E-state index is 11.9. The maximum absolute atomic E-state index is 11.9. The van der Waals surface area contributed by atoms with Crippen LogP contribution in [-0.2, 0) is 0 Å². The molecular weight excluding hydrogens is 274 g/mol. The summed E-state index contributed by atoms with van der Waals surface area (Å²) in [5.74, 6) is 0.0688. The van der Waals surface area contributed by atoms with Crippen LogP contribution in [0.1, 0.15) is 36.0 Å². The van der Waals surface area contributed by atoms with Gasteiger partial charge >= 0.3 is 0 Å². The Hall–Kier alpha value is -1.55. The monoisotopic (exact) mass is 301 g/mol. The molecule has 0 radical (unpaired) electrons. The summed E-state index contributed by atoms with van der Waals surface area (Å²) in [4.78, 5) is 18.7. The molecule has 0 bridgehead atoms. The van der Waals surface area contributed by atoms with Crippen molar-refractivity contribution in [2.75, 3.05) is 45.2 Å². The van der Waals surface area contributed by atoms with E-state index in [-0.39, 0.29) is 5.91 Å². The average Bonchev–Trinajstić information content (AvgIpc) is 3.09. The molecule has 2 saturated heterocycles. The molecule has 0 atom stereocenters. The van der Waals surface area contributed by atoms with Gasteiger partial charge in [-0.1, -0.05) is 0 Å². The molecule has 0 unspecified atom stereocenters. The Kier molecular flexibility index (Phi) is 4.67. The van der Waals surface area contributed by atoms with Gasteiger partial charge in [0.1, 0.15) is 0 Å². The van der Waals surface area contributed by atoms with Crippen molar-refractivity contribution < 1.29 is 4.79 Å². The van der Waals surface area contributed by atoms with Gasteiger partial charge in [-0.15, -0.1) is 0 Å². The van der Waals surface area contributed by atoms with Crippen molar-refractivity contribution in [2.45, 2.75) is 31.7 Å². The van der Waals surface area contributed by atoms with E-state index in [0.29, 0.717) is 0 Å². The quantitative estimate of drug-likeness (QED) is 0.858. The molecule has 0 N–H and O–H groups in total. The summed E-state index contributed by atoms with van der Waals surface area (Å²) in [5.41, 5.74) is 2.01. The minimum Gasteiger partial charge on any atom is -0.371 e. The zero-order chi connectivity index (χ0) is 15.5. The lowest BCUT2D eigenvalue weighted by Gasteiger charge is -2.37. The van der Waals surface area contributed by atoms with E-state index in [2.05, 4.69) is 21.9 Å². The van der Waals surface area contributed by atoms with Crippen LogP contribution in [0.3, 0.4) is 0 Å². The summed E-state index contributed by atoms with van der Waals surface area (Å²) in [6.07, 6.45) is 5.28. The third-order valence-electron chi connectivity index (χ3n) is 5.01. The Morgan fingerprint density at radius 1 is 1.00 bits per heavy atom. The maximum Gasteiger partial charge on any atom is 0.253 e. The highest BCUT2D eigenvalue weighted by Gasteiger charge is 2.26. The normalized spacial score (nSPS) is 20.4. The highest BCUT2D eigenvalue weighted by atomic mass is 16.2.